The van der Waals surface area contributed by atoms with Crippen LogP contribution in [0.25, 0.3) is 0 Å². The number of hydrogen-bond acceptors (Lipinski definition) is 3. The largest absolute Gasteiger partial charge is 0.465 e. The summed E-state index contributed by atoms with van der Waals surface area (Å²) in [7, 11) is -1.67. The smallest absolute Gasteiger partial charge is 0.337 e. The Kier molecular flexibility index (Phi) is 5.34. The highest BCUT2D eigenvalue weighted by Crippen LogP contribution is 2.46. The first kappa shape index (κ1) is 18.1. The second-order valence-electron chi connectivity index (χ2n) is 5.90. The third-order valence-corrected chi connectivity index (χ3v) is 7.27. The Morgan fingerprint density at radius 1 is 0.885 bits per heavy atom. The van der Waals surface area contributed by atoms with Crippen LogP contribution in [0.2, 0.25) is 0 Å². The molecule has 3 rings (SSSR count). The minimum atomic E-state index is -2.99. The van der Waals surface area contributed by atoms with Crippen LogP contribution in [0.1, 0.15) is 15.9 Å². The molecule has 0 heterocycles. The molecule has 3 aromatic carbocycles. The first-order valence-electron chi connectivity index (χ1n) is 8.11. The van der Waals surface area contributed by atoms with Crippen molar-refractivity contribution in [3.63, 3.8) is 0 Å². The maximum atomic E-state index is 14.0. The molecule has 3 aromatic rings. The second-order valence-corrected chi connectivity index (χ2v) is 8.73. The fraction of sp³-hybridized carbons (Fsp3) is 0.0952. The van der Waals surface area contributed by atoms with Crippen LogP contribution in [0, 0.1) is 5.82 Å². The summed E-state index contributed by atoms with van der Waals surface area (Å²) in [6.45, 7) is 0. The van der Waals surface area contributed by atoms with Crippen molar-refractivity contribution in [2.75, 3.05) is 7.11 Å². The molecule has 0 aliphatic heterocycles. The molecule has 1 atom stereocenters. The first-order valence-corrected chi connectivity index (χ1v) is 10.0. The predicted molar refractivity (Wildman–Crippen MR) is 101 cm³/mol. The average Bonchev–Trinajstić information content (AvgIpc) is 2.69. The maximum Gasteiger partial charge on any atom is 0.337 e. The minimum absolute atomic E-state index is 0.282. The van der Waals surface area contributed by atoms with Crippen LogP contribution in [0.5, 0.6) is 0 Å². The van der Waals surface area contributed by atoms with Crippen LogP contribution < -0.4 is 10.6 Å². The summed E-state index contributed by atoms with van der Waals surface area (Å²) in [6, 6.07) is 21.8. The van der Waals surface area contributed by atoms with Gasteiger partial charge in [0.1, 0.15) is 13.0 Å². The van der Waals surface area contributed by atoms with E-state index in [1.165, 1.54) is 19.2 Å². The summed E-state index contributed by atoms with van der Waals surface area (Å²) in [5, 5.41) is 1.31. The van der Waals surface area contributed by atoms with Crippen molar-refractivity contribution < 1.29 is 18.5 Å². The van der Waals surface area contributed by atoms with Gasteiger partial charge in [0.15, 0.2) is 0 Å². The highest BCUT2D eigenvalue weighted by molar-refractivity contribution is 7.78. The molecular formula is C21H18FO3P. The predicted octanol–water partition coefficient (Wildman–Crippen LogP) is 4.13. The van der Waals surface area contributed by atoms with E-state index in [-0.39, 0.29) is 12.0 Å². The quantitative estimate of drug-likeness (QED) is 0.502. The first-order chi connectivity index (χ1) is 12.5. The number of esters is 1. The summed E-state index contributed by atoms with van der Waals surface area (Å²) < 4.78 is 32.0. The molecule has 0 spiro atoms. The maximum absolute atomic E-state index is 14.0. The fourth-order valence-corrected chi connectivity index (χ4v) is 5.48. The Labute approximate surface area is 151 Å². The van der Waals surface area contributed by atoms with Crippen molar-refractivity contribution in [1.29, 1.82) is 0 Å². The SMILES string of the molecule is COC(=O)c1ccc(CP(=O)(c2ccccc2)c2ccc(F)cc2)cc1. The Balaban J connectivity index is 2.01. The Hall–Kier alpha value is -2.71. The van der Waals surface area contributed by atoms with Gasteiger partial charge in [-0.05, 0) is 42.0 Å². The molecule has 5 heteroatoms. The molecule has 0 radical (unpaired) electrons. The summed E-state index contributed by atoms with van der Waals surface area (Å²) >= 11 is 0. The van der Waals surface area contributed by atoms with E-state index in [0.29, 0.717) is 16.2 Å². The molecule has 0 N–H and O–H groups in total. The van der Waals surface area contributed by atoms with E-state index >= 15 is 0 Å². The van der Waals surface area contributed by atoms with Gasteiger partial charge in [-0.2, -0.15) is 0 Å². The summed E-state index contributed by atoms with van der Waals surface area (Å²) in [5.41, 5.74) is 1.27. The van der Waals surface area contributed by atoms with E-state index in [9.17, 15) is 13.8 Å². The molecule has 3 nitrogen and oxygen atoms in total. The van der Waals surface area contributed by atoms with Gasteiger partial charge >= 0.3 is 5.97 Å². The van der Waals surface area contributed by atoms with Crippen LogP contribution in [0.3, 0.4) is 0 Å². The number of carbonyl (C=O) groups is 1. The Bertz CT molecular complexity index is 935. The molecule has 0 saturated heterocycles. The Morgan fingerprint density at radius 3 is 2.04 bits per heavy atom. The van der Waals surface area contributed by atoms with Crippen molar-refractivity contribution in [2.45, 2.75) is 6.16 Å². The third-order valence-electron chi connectivity index (χ3n) is 4.20. The molecule has 0 amide bonds. The van der Waals surface area contributed by atoms with Crippen LogP contribution in [0.15, 0.2) is 78.9 Å². The number of hydrogen-bond donors (Lipinski definition) is 0. The van der Waals surface area contributed by atoms with Gasteiger partial charge in [-0.15, -0.1) is 0 Å². The highest BCUT2D eigenvalue weighted by atomic mass is 31.2. The van der Waals surface area contributed by atoms with E-state index in [2.05, 4.69) is 0 Å². The monoisotopic (exact) mass is 368 g/mol. The molecule has 26 heavy (non-hydrogen) atoms. The number of halogens is 1. The van der Waals surface area contributed by atoms with E-state index in [4.69, 9.17) is 4.74 Å². The molecule has 0 aliphatic rings. The Morgan fingerprint density at radius 2 is 1.46 bits per heavy atom. The number of carbonyl (C=O) groups excluding carboxylic acids is 1. The van der Waals surface area contributed by atoms with Gasteiger partial charge in [-0.3, -0.25) is 0 Å². The molecule has 0 saturated carbocycles. The molecule has 132 valence electrons. The summed E-state index contributed by atoms with van der Waals surface area (Å²) in [5.74, 6) is -0.780. The van der Waals surface area contributed by atoms with Gasteiger partial charge in [-0.25, -0.2) is 9.18 Å². The topological polar surface area (TPSA) is 43.4 Å². The van der Waals surface area contributed by atoms with Crippen molar-refractivity contribution in [3.8, 4) is 0 Å². The van der Waals surface area contributed by atoms with Crippen LogP contribution in [-0.4, -0.2) is 13.1 Å². The summed E-state index contributed by atoms with van der Waals surface area (Å²) in [4.78, 5) is 11.6. The van der Waals surface area contributed by atoms with E-state index in [1.807, 2.05) is 30.3 Å². The van der Waals surface area contributed by atoms with Gasteiger partial charge in [0.2, 0.25) is 0 Å². The van der Waals surface area contributed by atoms with Crippen molar-refractivity contribution >= 4 is 23.7 Å². The number of methoxy groups -OCH3 is 1. The zero-order chi connectivity index (χ0) is 18.6. The molecule has 0 aromatic heterocycles. The average molecular weight is 368 g/mol. The molecular weight excluding hydrogens is 350 g/mol. The van der Waals surface area contributed by atoms with Crippen molar-refractivity contribution in [2.24, 2.45) is 0 Å². The normalized spacial score (nSPS) is 13.0. The third kappa shape index (κ3) is 3.76. The lowest BCUT2D eigenvalue weighted by atomic mass is 10.1. The minimum Gasteiger partial charge on any atom is -0.465 e. The standard InChI is InChI=1S/C21H18FO3P/c1-25-21(23)17-9-7-16(8-10-17)15-26(24,19-5-3-2-4-6-19)20-13-11-18(22)12-14-20/h2-14H,15H2,1H3. The number of ether oxygens (including phenoxy) is 1. The highest BCUT2D eigenvalue weighted by Gasteiger charge is 2.27. The number of rotatable bonds is 5. The lowest BCUT2D eigenvalue weighted by Gasteiger charge is -2.19. The lowest BCUT2D eigenvalue weighted by molar-refractivity contribution is 0.0600. The van der Waals surface area contributed by atoms with Gasteiger partial charge < -0.3 is 9.30 Å². The zero-order valence-corrected chi connectivity index (χ0v) is 15.2. The fourth-order valence-electron chi connectivity index (χ4n) is 2.80. The zero-order valence-electron chi connectivity index (χ0n) is 14.3. The molecule has 0 bridgehead atoms. The van der Waals surface area contributed by atoms with E-state index in [0.717, 1.165) is 5.56 Å². The molecule has 1 unspecified atom stereocenters. The van der Waals surface area contributed by atoms with Crippen molar-refractivity contribution in [1.82, 2.24) is 0 Å². The lowest BCUT2D eigenvalue weighted by Crippen LogP contribution is -2.17. The molecule has 0 aliphatic carbocycles. The van der Waals surface area contributed by atoms with Gasteiger partial charge in [0.25, 0.3) is 0 Å². The van der Waals surface area contributed by atoms with Gasteiger partial charge in [0, 0.05) is 16.8 Å². The van der Waals surface area contributed by atoms with Crippen LogP contribution in [0.4, 0.5) is 4.39 Å². The number of benzene rings is 3. The van der Waals surface area contributed by atoms with E-state index in [1.54, 1.807) is 36.4 Å². The van der Waals surface area contributed by atoms with Crippen LogP contribution in [-0.2, 0) is 15.5 Å². The van der Waals surface area contributed by atoms with E-state index < -0.39 is 13.1 Å². The van der Waals surface area contributed by atoms with Gasteiger partial charge in [-0.1, -0.05) is 42.5 Å². The second kappa shape index (κ2) is 7.67. The van der Waals surface area contributed by atoms with Crippen molar-refractivity contribution in [3.05, 3.63) is 95.8 Å². The van der Waals surface area contributed by atoms with Gasteiger partial charge in [0.05, 0.1) is 12.7 Å². The van der Waals surface area contributed by atoms with Crippen LogP contribution >= 0.6 is 7.14 Å². The molecule has 0 fully saturated rings. The summed E-state index contributed by atoms with van der Waals surface area (Å²) in [6.07, 6.45) is 0.282.